The molecule has 3 atom stereocenters. The number of carbonyl (C=O) groups excluding carboxylic acids is 1. The lowest BCUT2D eigenvalue weighted by Gasteiger charge is -2.46. The Balaban J connectivity index is 3.17. The summed E-state index contributed by atoms with van der Waals surface area (Å²) in [6.07, 6.45) is -3.78. The fraction of sp³-hybridized carbons (Fsp3) is 0.733. The maximum atomic E-state index is 12.7. The Morgan fingerprint density at radius 2 is 1.83 bits per heavy atom. The van der Waals surface area contributed by atoms with E-state index in [1.165, 1.54) is 13.0 Å². The van der Waals surface area contributed by atoms with Crippen LogP contribution in [0.2, 0.25) is 0 Å². The fourth-order valence-electron chi connectivity index (χ4n) is 2.63. The highest BCUT2D eigenvalue weighted by atomic mass is 19.4. The molecule has 0 aromatic carbocycles. The first kappa shape index (κ1) is 20.3. The van der Waals surface area contributed by atoms with Gasteiger partial charge in [-0.05, 0) is 34.1 Å². The van der Waals surface area contributed by atoms with Gasteiger partial charge in [-0.3, -0.25) is 4.74 Å². The first-order valence-electron chi connectivity index (χ1n) is 7.30. The van der Waals surface area contributed by atoms with Crippen molar-refractivity contribution in [2.24, 2.45) is 5.92 Å². The molecular weight excluding hydrogens is 331 g/mol. The van der Waals surface area contributed by atoms with Crippen molar-refractivity contribution in [3.63, 3.8) is 0 Å². The molecule has 24 heavy (non-hydrogen) atoms. The van der Waals surface area contributed by atoms with Crippen molar-refractivity contribution in [1.82, 2.24) is 5.32 Å². The summed E-state index contributed by atoms with van der Waals surface area (Å²) in [5, 5.41) is 11.8. The SMILES string of the molecule is C[C@@H]1C(NC(=O)OC(C)(C)C)(C(=O)O)CC=C[C@]1(C)OC(F)(F)F. The van der Waals surface area contributed by atoms with Gasteiger partial charge in [-0.25, -0.2) is 9.59 Å². The Kier molecular flexibility index (Phi) is 5.30. The molecule has 1 unspecified atom stereocenters. The van der Waals surface area contributed by atoms with Crippen LogP contribution < -0.4 is 5.32 Å². The second-order valence-corrected chi connectivity index (χ2v) is 6.96. The van der Waals surface area contributed by atoms with Gasteiger partial charge in [-0.2, -0.15) is 0 Å². The van der Waals surface area contributed by atoms with Crippen molar-refractivity contribution in [3.05, 3.63) is 12.2 Å². The number of rotatable bonds is 3. The average molecular weight is 353 g/mol. The van der Waals surface area contributed by atoms with Gasteiger partial charge >= 0.3 is 18.4 Å². The molecule has 6 nitrogen and oxygen atoms in total. The van der Waals surface area contributed by atoms with Gasteiger partial charge < -0.3 is 15.2 Å². The predicted molar refractivity (Wildman–Crippen MR) is 78.2 cm³/mol. The minimum absolute atomic E-state index is 0.195. The van der Waals surface area contributed by atoms with Crippen LogP contribution in [0.4, 0.5) is 18.0 Å². The molecule has 0 aliphatic heterocycles. The lowest BCUT2D eigenvalue weighted by molar-refractivity contribution is -0.365. The van der Waals surface area contributed by atoms with Crippen LogP contribution in [-0.2, 0) is 14.3 Å². The molecule has 1 aliphatic rings. The van der Waals surface area contributed by atoms with Crippen LogP contribution >= 0.6 is 0 Å². The lowest BCUT2D eigenvalue weighted by Crippen LogP contribution is -2.66. The van der Waals surface area contributed by atoms with E-state index in [1.54, 1.807) is 20.8 Å². The van der Waals surface area contributed by atoms with E-state index in [-0.39, 0.29) is 6.42 Å². The van der Waals surface area contributed by atoms with Crippen molar-refractivity contribution >= 4 is 12.1 Å². The van der Waals surface area contributed by atoms with E-state index < -0.39 is 41.1 Å². The molecule has 1 aliphatic carbocycles. The highest BCUT2D eigenvalue weighted by Gasteiger charge is 2.57. The molecule has 0 aromatic rings. The van der Waals surface area contributed by atoms with E-state index in [4.69, 9.17) is 4.74 Å². The Bertz CT molecular complexity index is 540. The molecular formula is C15H22F3NO5. The molecule has 0 fully saturated rings. The quantitative estimate of drug-likeness (QED) is 0.761. The molecule has 1 amide bonds. The first-order chi connectivity index (χ1) is 10.6. The molecule has 0 aromatic heterocycles. The fourth-order valence-corrected chi connectivity index (χ4v) is 2.63. The largest absolute Gasteiger partial charge is 0.523 e. The van der Waals surface area contributed by atoms with Crippen molar-refractivity contribution in [2.75, 3.05) is 0 Å². The minimum atomic E-state index is -4.96. The summed E-state index contributed by atoms with van der Waals surface area (Å²) in [4.78, 5) is 23.8. The second-order valence-electron chi connectivity index (χ2n) is 6.96. The summed E-state index contributed by atoms with van der Waals surface area (Å²) >= 11 is 0. The number of hydrogen-bond donors (Lipinski definition) is 2. The van der Waals surface area contributed by atoms with Gasteiger partial charge in [-0.15, -0.1) is 13.2 Å². The van der Waals surface area contributed by atoms with E-state index in [1.807, 2.05) is 0 Å². The van der Waals surface area contributed by atoms with Crippen LogP contribution in [0.1, 0.15) is 41.0 Å². The van der Waals surface area contributed by atoms with Gasteiger partial charge in [0.05, 0.1) is 5.60 Å². The predicted octanol–water partition coefficient (Wildman–Crippen LogP) is 3.23. The third-order valence-electron chi connectivity index (χ3n) is 3.93. The number of carbonyl (C=O) groups is 2. The van der Waals surface area contributed by atoms with Gasteiger partial charge in [0, 0.05) is 5.92 Å². The summed E-state index contributed by atoms with van der Waals surface area (Å²) in [6, 6.07) is 0. The number of carboxylic acid groups (broad SMARTS) is 1. The highest BCUT2D eigenvalue weighted by Crippen LogP contribution is 2.42. The monoisotopic (exact) mass is 353 g/mol. The number of carboxylic acids is 1. The molecule has 0 radical (unpaired) electrons. The van der Waals surface area contributed by atoms with E-state index in [0.717, 1.165) is 13.0 Å². The van der Waals surface area contributed by atoms with Crippen LogP contribution in [0, 0.1) is 5.92 Å². The topological polar surface area (TPSA) is 84.9 Å². The molecule has 0 saturated heterocycles. The Morgan fingerprint density at radius 1 is 1.29 bits per heavy atom. The Labute approximate surface area is 138 Å². The lowest BCUT2D eigenvalue weighted by atomic mass is 9.69. The van der Waals surface area contributed by atoms with Crippen LogP contribution in [0.5, 0.6) is 0 Å². The van der Waals surface area contributed by atoms with E-state index in [9.17, 15) is 27.9 Å². The third kappa shape index (κ3) is 4.62. The second kappa shape index (κ2) is 6.27. The smallest absolute Gasteiger partial charge is 0.479 e. The Hall–Kier alpha value is -1.77. The van der Waals surface area contributed by atoms with Crippen LogP contribution in [0.15, 0.2) is 12.2 Å². The van der Waals surface area contributed by atoms with Crippen molar-refractivity contribution in [2.45, 2.75) is 64.1 Å². The number of ether oxygens (including phenoxy) is 2. The number of hydrogen-bond acceptors (Lipinski definition) is 4. The highest BCUT2D eigenvalue weighted by molar-refractivity contribution is 5.85. The number of alkyl halides is 3. The number of halogens is 3. The van der Waals surface area contributed by atoms with Crippen LogP contribution in [-0.4, -0.2) is 40.3 Å². The van der Waals surface area contributed by atoms with E-state index >= 15 is 0 Å². The van der Waals surface area contributed by atoms with E-state index in [0.29, 0.717) is 0 Å². The average Bonchev–Trinajstić information content (AvgIpc) is 2.30. The molecule has 9 heteroatoms. The van der Waals surface area contributed by atoms with Crippen LogP contribution in [0.25, 0.3) is 0 Å². The number of aliphatic carboxylic acids is 1. The number of alkyl carbamates (subject to hydrolysis) is 1. The van der Waals surface area contributed by atoms with Crippen LogP contribution in [0.3, 0.4) is 0 Å². The minimum Gasteiger partial charge on any atom is -0.479 e. The molecule has 1 rings (SSSR count). The van der Waals surface area contributed by atoms with Crippen molar-refractivity contribution in [1.29, 1.82) is 0 Å². The zero-order chi connectivity index (χ0) is 19.0. The van der Waals surface area contributed by atoms with Gasteiger partial charge in [0.2, 0.25) is 0 Å². The van der Waals surface area contributed by atoms with E-state index in [2.05, 4.69) is 10.1 Å². The molecule has 0 bridgehead atoms. The van der Waals surface area contributed by atoms with Gasteiger partial charge in [0.15, 0.2) is 0 Å². The van der Waals surface area contributed by atoms with Crippen molar-refractivity contribution < 1.29 is 37.3 Å². The zero-order valence-electron chi connectivity index (χ0n) is 14.2. The molecule has 2 N–H and O–H groups in total. The third-order valence-corrected chi connectivity index (χ3v) is 3.93. The molecule has 0 saturated carbocycles. The maximum Gasteiger partial charge on any atom is 0.523 e. The van der Waals surface area contributed by atoms with Gasteiger partial charge in [0.1, 0.15) is 11.1 Å². The summed E-state index contributed by atoms with van der Waals surface area (Å²) in [6.45, 7) is 7.15. The zero-order valence-corrected chi connectivity index (χ0v) is 14.2. The summed E-state index contributed by atoms with van der Waals surface area (Å²) in [5.41, 5.74) is -4.83. The summed E-state index contributed by atoms with van der Waals surface area (Å²) in [5.74, 6) is -2.69. The number of amides is 1. The Morgan fingerprint density at radius 3 is 2.25 bits per heavy atom. The molecule has 138 valence electrons. The summed E-state index contributed by atoms with van der Waals surface area (Å²) < 4.78 is 47.2. The normalized spacial score (nSPS) is 30.8. The van der Waals surface area contributed by atoms with Gasteiger partial charge in [0.25, 0.3) is 0 Å². The van der Waals surface area contributed by atoms with Gasteiger partial charge in [-0.1, -0.05) is 19.1 Å². The van der Waals surface area contributed by atoms with Crippen molar-refractivity contribution in [3.8, 4) is 0 Å². The first-order valence-corrected chi connectivity index (χ1v) is 7.30. The molecule has 0 heterocycles. The summed E-state index contributed by atoms with van der Waals surface area (Å²) in [7, 11) is 0. The standard InChI is InChI=1S/C15H22F3NO5/c1-9-13(5,24-15(16,17)18)7-6-8-14(9,10(20)21)19-11(22)23-12(2,3)4/h6-7,9H,8H2,1-5H3,(H,19,22)(H,20,21)/t9-,13-,14?/m0/s1. The number of nitrogens with one attached hydrogen (secondary N) is 1. The maximum absolute atomic E-state index is 12.7. The molecule has 0 spiro atoms.